The van der Waals surface area contributed by atoms with Crippen LogP contribution in [0.4, 0.5) is 4.79 Å². The molecule has 0 spiro atoms. The van der Waals surface area contributed by atoms with Gasteiger partial charge in [-0.15, -0.1) is 0 Å². The molecule has 0 aliphatic carbocycles. The van der Waals surface area contributed by atoms with Crippen LogP contribution in [0.3, 0.4) is 0 Å². The second-order valence-corrected chi connectivity index (χ2v) is 6.02. The number of alkyl carbamates (subject to hydrolysis) is 1. The lowest BCUT2D eigenvalue weighted by atomic mass is 10.2. The number of carboxylic acid groups (broad SMARTS) is 1. The highest BCUT2D eigenvalue weighted by atomic mass is 16.5. The number of nitrogens with one attached hydrogen (secondary N) is 1. The van der Waals surface area contributed by atoms with Gasteiger partial charge in [0.05, 0.1) is 0 Å². The first-order chi connectivity index (χ1) is 13.1. The first kappa shape index (κ1) is 18.3. The SMILES string of the molecule is O=C(NC(CC[n+]1ccc2ccccc2n1)C(=O)O)OCc1ccccc1. The second-order valence-electron chi connectivity index (χ2n) is 6.02. The summed E-state index contributed by atoms with van der Waals surface area (Å²) < 4.78 is 6.74. The van der Waals surface area contributed by atoms with Gasteiger partial charge in [0.2, 0.25) is 0 Å². The number of amides is 1. The lowest BCUT2D eigenvalue weighted by Gasteiger charge is -2.13. The molecule has 1 aromatic heterocycles. The molecule has 0 aliphatic heterocycles. The molecule has 3 rings (SSSR count). The van der Waals surface area contributed by atoms with Gasteiger partial charge in [0.1, 0.15) is 18.2 Å². The Hall–Kier alpha value is -3.48. The summed E-state index contributed by atoms with van der Waals surface area (Å²) in [4.78, 5) is 23.3. The maximum absolute atomic E-state index is 11.9. The van der Waals surface area contributed by atoms with Crippen LogP contribution in [0.2, 0.25) is 0 Å². The fourth-order valence-electron chi connectivity index (χ4n) is 2.61. The van der Waals surface area contributed by atoms with Gasteiger partial charge in [0.25, 0.3) is 0 Å². The van der Waals surface area contributed by atoms with Crippen LogP contribution >= 0.6 is 0 Å². The van der Waals surface area contributed by atoms with Crippen LogP contribution in [0.15, 0.2) is 66.9 Å². The van der Waals surface area contributed by atoms with Crippen LogP contribution in [0.25, 0.3) is 10.9 Å². The Bertz CT molecular complexity index is 931. The first-order valence-electron chi connectivity index (χ1n) is 8.57. The molecule has 0 bridgehead atoms. The molecule has 3 aromatic rings. The number of aryl methyl sites for hydroxylation is 1. The average molecular weight is 366 g/mol. The zero-order chi connectivity index (χ0) is 19.1. The number of aromatic nitrogens is 2. The van der Waals surface area contributed by atoms with Gasteiger partial charge in [-0.1, -0.05) is 53.2 Å². The van der Waals surface area contributed by atoms with E-state index in [0.717, 1.165) is 16.5 Å². The summed E-state index contributed by atoms with van der Waals surface area (Å²) in [6, 6.07) is 17.7. The number of carbonyl (C=O) groups excluding carboxylic acids is 1. The summed E-state index contributed by atoms with van der Waals surface area (Å²) in [6.07, 6.45) is 1.21. The van der Waals surface area contributed by atoms with Crippen molar-refractivity contribution in [3.63, 3.8) is 0 Å². The molecule has 0 aliphatic rings. The van der Waals surface area contributed by atoms with Gasteiger partial charge in [-0.2, -0.15) is 0 Å². The molecular weight excluding hydrogens is 346 g/mol. The van der Waals surface area contributed by atoms with Crippen molar-refractivity contribution in [2.75, 3.05) is 0 Å². The number of carboxylic acids is 1. The van der Waals surface area contributed by atoms with E-state index in [9.17, 15) is 14.7 Å². The molecule has 27 heavy (non-hydrogen) atoms. The number of fused-ring (bicyclic) bond motifs is 1. The molecule has 1 amide bonds. The van der Waals surface area contributed by atoms with Crippen molar-refractivity contribution >= 4 is 23.0 Å². The minimum Gasteiger partial charge on any atom is -0.480 e. The standard InChI is InChI=1S/C20H19N3O4/c24-19(25)18(21-20(26)27-14-15-6-2-1-3-7-15)11-13-23-12-10-16-8-4-5-9-17(16)22-23/h1-10,12,18H,11,13-14H2,(H-,21,24,25,26)/p+1. The van der Waals surface area contributed by atoms with E-state index in [2.05, 4.69) is 10.4 Å². The summed E-state index contributed by atoms with van der Waals surface area (Å²) in [6.45, 7) is 0.431. The highest BCUT2D eigenvalue weighted by Crippen LogP contribution is 2.07. The van der Waals surface area contributed by atoms with Gasteiger partial charge >= 0.3 is 12.1 Å². The van der Waals surface area contributed by atoms with Crippen molar-refractivity contribution in [3.05, 3.63) is 72.4 Å². The number of ether oxygens (including phenoxy) is 1. The van der Waals surface area contributed by atoms with Crippen molar-refractivity contribution in [3.8, 4) is 0 Å². The van der Waals surface area contributed by atoms with Crippen molar-refractivity contribution in [1.82, 2.24) is 10.4 Å². The molecule has 2 N–H and O–H groups in total. The largest absolute Gasteiger partial charge is 0.480 e. The summed E-state index contributed by atoms with van der Waals surface area (Å²) in [5.74, 6) is -1.12. The lowest BCUT2D eigenvalue weighted by Crippen LogP contribution is -2.46. The molecule has 1 heterocycles. The number of rotatable bonds is 7. The molecule has 1 unspecified atom stereocenters. The zero-order valence-corrected chi connectivity index (χ0v) is 14.6. The summed E-state index contributed by atoms with van der Waals surface area (Å²) >= 11 is 0. The smallest absolute Gasteiger partial charge is 0.408 e. The molecule has 7 heteroatoms. The number of aliphatic carboxylic acids is 1. The van der Waals surface area contributed by atoms with Crippen molar-refractivity contribution in [2.24, 2.45) is 0 Å². The Balaban J connectivity index is 1.55. The molecule has 138 valence electrons. The van der Waals surface area contributed by atoms with Crippen LogP contribution in [-0.4, -0.2) is 28.3 Å². The van der Waals surface area contributed by atoms with Crippen molar-refractivity contribution < 1.29 is 24.1 Å². The lowest BCUT2D eigenvalue weighted by molar-refractivity contribution is -0.752. The van der Waals surface area contributed by atoms with Crippen LogP contribution < -0.4 is 10.00 Å². The van der Waals surface area contributed by atoms with Crippen molar-refractivity contribution in [2.45, 2.75) is 25.6 Å². The Labute approximate surface area is 156 Å². The third-order valence-corrected chi connectivity index (χ3v) is 4.05. The topological polar surface area (TPSA) is 92.4 Å². The minimum atomic E-state index is -1.12. The summed E-state index contributed by atoms with van der Waals surface area (Å²) in [7, 11) is 0. The van der Waals surface area contributed by atoms with E-state index in [1.807, 2.05) is 60.7 Å². The number of benzene rings is 2. The van der Waals surface area contributed by atoms with E-state index < -0.39 is 18.1 Å². The number of carbonyl (C=O) groups is 2. The molecule has 2 aromatic carbocycles. The summed E-state index contributed by atoms with van der Waals surface area (Å²) in [5.41, 5.74) is 1.65. The molecule has 0 saturated heterocycles. The van der Waals surface area contributed by atoms with Gasteiger partial charge in [-0.25, -0.2) is 9.59 Å². The Morgan fingerprint density at radius 1 is 1.07 bits per heavy atom. The van der Waals surface area contributed by atoms with Crippen LogP contribution in [0.1, 0.15) is 12.0 Å². The van der Waals surface area contributed by atoms with Crippen molar-refractivity contribution in [1.29, 1.82) is 0 Å². The molecule has 7 nitrogen and oxygen atoms in total. The van der Waals surface area contributed by atoms with Gasteiger partial charge in [0, 0.05) is 23.0 Å². The molecule has 1 atom stereocenters. The van der Waals surface area contributed by atoms with E-state index >= 15 is 0 Å². The molecular formula is C20H20N3O4+. The average Bonchev–Trinajstić information content (AvgIpc) is 2.70. The number of hydrogen-bond acceptors (Lipinski definition) is 4. The molecule has 0 fully saturated rings. The summed E-state index contributed by atoms with van der Waals surface area (Å²) in [5, 5.41) is 17.2. The predicted octanol–water partition coefficient (Wildman–Crippen LogP) is 2.29. The first-order valence-corrected chi connectivity index (χ1v) is 8.57. The van der Waals surface area contributed by atoms with Crippen LogP contribution in [0.5, 0.6) is 0 Å². The fourth-order valence-corrected chi connectivity index (χ4v) is 2.61. The maximum Gasteiger partial charge on any atom is 0.408 e. The Morgan fingerprint density at radius 3 is 2.59 bits per heavy atom. The van der Waals surface area contributed by atoms with E-state index in [-0.39, 0.29) is 13.0 Å². The Morgan fingerprint density at radius 2 is 1.81 bits per heavy atom. The normalized spacial score (nSPS) is 11.7. The van der Waals surface area contributed by atoms with Gasteiger partial charge < -0.3 is 15.2 Å². The predicted molar refractivity (Wildman–Crippen MR) is 97.7 cm³/mol. The highest BCUT2D eigenvalue weighted by molar-refractivity contribution is 5.79. The Kier molecular flexibility index (Phi) is 5.94. The zero-order valence-electron chi connectivity index (χ0n) is 14.6. The van der Waals surface area contributed by atoms with E-state index in [1.165, 1.54) is 0 Å². The van der Waals surface area contributed by atoms with Crippen LogP contribution in [-0.2, 0) is 22.7 Å². The van der Waals surface area contributed by atoms with E-state index in [1.54, 1.807) is 10.9 Å². The van der Waals surface area contributed by atoms with Crippen LogP contribution in [0, 0.1) is 0 Å². The quantitative estimate of drug-likeness (QED) is 0.626. The van der Waals surface area contributed by atoms with Gasteiger partial charge in [-0.05, 0) is 11.6 Å². The number of nitrogens with zero attached hydrogens (tertiary/aromatic N) is 2. The van der Waals surface area contributed by atoms with Gasteiger partial charge in [-0.3, -0.25) is 0 Å². The highest BCUT2D eigenvalue weighted by Gasteiger charge is 2.23. The number of hydrogen-bond donors (Lipinski definition) is 2. The third-order valence-electron chi connectivity index (χ3n) is 4.05. The third kappa shape index (κ3) is 5.24. The van der Waals surface area contributed by atoms with E-state index in [4.69, 9.17) is 4.74 Å². The fraction of sp³-hybridized carbons (Fsp3) is 0.200. The molecule has 0 radical (unpaired) electrons. The van der Waals surface area contributed by atoms with Gasteiger partial charge in [0.15, 0.2) is 12.7 Å². The minimum absolute atomic E-state index is 0.0833. The molecule has 0 saturated carbocycles. The van der Waals surface area contributed by atoms with E-state index in [0.29, 0.717) is 6.54 Å². The monoisotopic (exact) mass is 366 g/mol. The second kappa shape index (κ2) is 8.75. The maximum atomic E-state index is 11.9.